The molecule has 0 unspecified atom stereocenters. The molecule has 0 aliphatic heterocycles. The van der Waals surface area contributed by atoms with Gasteiger partial charge < -0.3 is 14.8 Å². The van der Waals surface area contributed by atoms with Crippen molar-refractivity contribution in [1.29, 1.82) is 0 Å². The van der Waals surface area contributed by atoms with Crippen molar-refractivity contribution < 1.29 is 18.3 Å². The summed E-state index contributed by atoms with van der Waals surface area (Å²) in [4.78, 5) is 13.3. The Morgan fingerprint density at radius 3 is 2.54 bits per heavy atom. The van der Waals surface area contributed by atoms with E-state index in [0.717, 1.165) is 16.8 Å². The average molecular weight is 503 g/mol. The van der Waals surface area contributed by atoms with Crippen LogP contribution < -0.4 is 14.8 Å². The van der Waals surface area contributed by atoms with Gasteiger partial charge in [0.2, 0.25) is 0 Å². The van der Waals surface area contributed by atoms with Crippen molar-refractivity contribution >= 4 is 22.4 Å². The molecule has 0 aliphatic carbocycles. The van der Waals surface area contributed by atoms with Gasteiger partial charge in [-0.1, -0.05) is 18.2 Å². The van der Waals surface area contributed by atoms with Crippen molar-refractivity contribution in [3.05, 3.63) is 83.8 Å². The SMILES string of the molecule is CCOc1cc(F)c(Cn2nc(-c3ncc(OC)c(Nc4ccnc(C)c4)n3)c3ccccc32)c(F)c1. The highest BCUT2D eigenvalue weighted by atomic mass is 19.1. The van der Waals surface area contributed by atoms with E-state index < -0.39 is 11.6 Å². The Balaban J connectivity index is 1.56. The van der Waals surface area contributed by atoms with Crippen molar-refractivity contribution in [2.45, 2.75) is 20.4 Å². The normalized spacial score (nSPS) is 11.1. The van der Waals surface area contributed by atoms with Crippen LogP contribution in [0.3, 0.4) is 0 Å². The topological polar surface area (TPSA) is 87.0 Å². The van der Waals surface area contributed by atoms with Crippen LogP contribution in [-0.4, -0.2) is 38.4 Å². The van der Waals surface area contributed by atoms with Crippen LogP contribution in [0.1, 0.15) is 18.2 Å². The number of methoxy groups -OCH3 is 1. The minimum Gasteiger partial charge on any atom is -0.494 e. The fraction of sp³-hybridized carbons (Fsp3) is 0.185. The Bertz CT molecular complexity index is 1560. The van der Waals surface area contributed by atoms with Crippen molar-refractivity contribution in [3.8, 4) is 23.0 Å². The molecule has 10 heteroatoms. The van der Waals surface area contributed by atoms with Gasteiger partial charge in [-0.2, -0.15) is 5.10 Å². The van der Waals surface area contributed by atoms with E-state index >= 15 is 0 Å². The lowest BCUT2D eigenvalue weighted by Gasteiger charge is -2.11. The molecule has 0 atom stereocenters. The van der Waals surface area contributed by atoms with Gasteiger partial charge in [0.1, 0.15) is 23.1 Å². The minimum absolute atomic E-state index is 0.116. The van der Waals surface area contributed by atoms with E-state index in [1.54, 1.807) is 24.0 Å². The summed E-state index contributed by atoms with van der Waals surface area (Å²) in [5, 5.41) is 8.64. The van der Waals surface area contributed by atoms with Gasteiger partial charge >= 0.3 is 0 Å². The summed E-state index contributed by atoms with van der Waals surface area (Å²) in [6, 6.07) is 13.5. The van der Waals surface area contributed by atoms with Crippen molar-refractivity contribution in [1.82, 2.24) is 24.7 Å². The Hall–Kier alpha value is -4.60. The maximum Gasteiger partial charge on any atom is 0.183 e. The molecule has 188 valence electrons. The lowest BCUT2D eigenvalue weighted by Crippen LogP contribution is -2.07. The minimum atomic E-state index is -0.704. The zero-order chi connectivity index (χ0) is 25.9. The maximum atomic E-state index is 14.8. The zero-order valence-electron chi connectivity index (χ0n) is 20.5. The van der Waals surface area contributed by atoms with Crippen LogP contribution in [0, 0.1) is 18.6 Å². The third-order valence-electron chi connectivity index (χ3n) is 5.74. The fourth-order valence-corrected chi connectivity index (χ4v) is 4.03. The second-order valence-electron chi connectivity index (χ2n) is 8.24. The molecule has 0 radical (unpaired) electrons. The molecule has 0 spiro atoms. The molecule has 0 aliphatic rings. The molecule has 0 fully saturated rings. The Morgan fingerprint density at radius 2 is 1.81 bits per heavy atom. The molecule has 0 saturated heterocycles. The van der Waals surface area contributed by atoms with Crippen LogP contribution in [0.2, 0.25) is 0 Å². The number of nitrogens with one attached hydrogen (secondary N) is 1. The average Bonchev–Trinajstić information content (AvgIpc) is 3.25. The lowest BCUT2D eigenvalue weighted by molar-refractivity contribution is 0.335. The fourth-order valence-electron chi connectivity index (χ4n) is 4.03. The van der Waals surface area contributed by atoms with Crippen molar-refractivity contribution in [3.63, 3.8) is 0 Å². The van der Waals surface area contributed by atoms with E-state index in [9.17, 15) is 8.78 Å². The summed E-state index contributed by atoms with van der Waals surface area (Å²) in [5.74, 6) is -0.0467. The quantitative estimate of drug-likeness (QED) is 0.292. The molecule has 1 N–H and O–H groups in total. The molecular formula is C27H24F2N6O2. The van der Waals surface area contributed by atoms with E-state index in [2.05, 4.69) is 25.4 Å². The number of hydrogen-bond acceptors (Lipinski definition) is 7. The Kier molecular flexibility index (Phi) is 6.63. The van der Waals surface area contributed by atoms with Gasteiger partial charge in [0.15, 0.2) is 17.4 Å². The van der Waals surface area contributed by atoms with Crippen molar-refractivity contribution in [2.75, 3.05) is 19.0 Å². The first-order valence-corrected chi connectivity index (χ1v) is 11.6. The number of fused-ring (bicyclic) bond motifs is 1. The van der Waals surface area contributed by atoms with Gasteiger partial charge in [-0.05, 0) is 32.0 Å². The van der Waals surface area contributed by atoms with Crippen LogP contribution in [0.5, 0.6) is 11.5 Å². The predicted octanol–water partition coefficient (Wildman–Crippen LogP) is 5.67. The van der Waals surface area contributed by atoms with E-state index in [1.807, 2.05) is 43.3 Å². The Labute approximate surface area is 211 Å². The first-order valence-electron chi connectivity index (χ1n) is 11.6. The van der Waals surface area contributed by atoms with Crippen molar-refractivity contribution in [2.24, 2.45) is 0 Å². The highest BCUT2D eigenvalue weighted by molar-refractivity contribution is 5.92. The molecule has 8 nitrogen and oxygen atoms in total. The molecule has 3 aromatic heterocycles. The van der Waals surface area contributed by atoms with E-state index in [0.29, 0.717) is 35.2 Å². The zero-order valence-corrected chi connectivity index (χ0v) is 20.5. The van der Waals surface area contributed by atoms with Crippen LogP contribution in [0.15, 0.2) is 60.9 Å². The number of pyridine rings is 1. The summed E-state index contributed by atoms with van der Waals surface area (Å²) in [5.41, 5.74) is 2.67. The van der Waals surface area contributed by atoms with Gasteiger partial charge in [-0.3, -0.25) is 9.67 Å². The van der Waals surface area contributed by atoms with Crippen LogP contribution in [0.4, 0.5) is 20.3 Å². The monoisotopic (exact) mass is 502 g/mol. The number of ether oxygens (including phenoxy) is 2. The number of benzene rings is 2. The van der Waals surface area contributed by atoms with Crippen LogP contribution >= 0.6 is 0 Å². The number of rotatable bonds is 8. The summed E-state index contributed by atoms with van der Waals surface area (Å²) in [6.07, 6.45) is 3.25. The highest BCUT2D eigenvalue weighted by Gasteiger charge is 2.20. The molecule has 0 bridgehead atoms. The van der Waals surface area contributed by atoms with Gasteiger partial charge in [0, 0.05) is 40.7 Å². The molecule has 5 rings (SSSR count). The van der Waals surface area contributed by atoms with Gasteiger partial charge in [0.25, 0.3) is 0 Å². The molecule has 0 amide bonds. The molecule has 5 aromatic rings. The van der Waals surface area contributed by atoms with Gasteiger partial charge in [-0.25, -0.2) is 18.7 Å². The summed E-state index contributed by atoms with van der Waals surface area (Å²) in [6.45, 7) is 3.83. The van der Waals surface area contributed by atoms with E-state index in [-0.39, 0.29) is 17.9 Å². The standard InChI is InChI=1S/C27H24F2N6O2/c1-4-37-18-12-21(28)20(22(29)13-18)15-35-23-8-6-5-7-19(23)25(34-35)27-31-14-24(36-3)26(33-27)32-17-9-10-30-16(2)11-17/h5-14H,4,15H2,1-3H3,(H,30,31,32,33). The third-order valence-corrected chi connectivity index (χ3v) is 5.74. The Morgan fingerprint density at radius 1 is 1.03 bits per heavy atom. The summed E-state index contributed by atoms with van der Waals surface area (Å²) >= 11 is 0. The smallest absolute Gasteiger partial charge is 0.183 e. The highest BCUT2D eigenvalue weighted by Crippen LogP contribution is 2.31. The number of aromatic nitrogens is 5. The second kappa shape index (κ2) is 10.2. The molecule has 37 heavy (non-hydrogen) atoms. The second-order valence-corrected chi connectivity index (χ2v) is 8.24. The molecule has 0 saturated carbocycles. The summed E-state index contributed by atoms with van der Waals surface area (Å²) in [7, 11) is 1.53. The van der Waals surface area contributed by atoms with Crippen LogP contribution in [-0.2, 0) is 6.54 Å². The number of nitrogens with zero attached hydrogens (tertiary/aromatic N) is 5. The van der Waals surface area contributed by atoms with E-state index in [1.165, 1.54) is 19.2 Å². The largest absolute Gasteiger partial charge is 0.494 e. The molecule has 2 aromatic carbocycles. The third kappa shape index (κ3) is 4.90. The van der Waals surface area contributed by atoms with Gasteiger partial charge in [0.05, 0.1) is 32.0 Å². The molecular weight excluding hydrogens is 478 g/mol. The maximum absolute atomic E-state index is 14.8. The number of hydrogen-bond donors (Lipinski definition) is 1. The number of para-hydroxylation sites is 1. The predicted molar refractivity (Wildman–Crippen MR) is 136 cm³/mol. The number of halogens is 2. The first-order chi connectivity index (χ1) is 18.0. The lowest BCUT2D eigenvalue weighted by atomic mass is 10.1. The van der Waals surface area contributed by atoms with E-state index in [4.69, 9.17) is 9.47 Å². The van der Waals surface area contributed by atoms with Gasteiger partial charge in [-0.15, -0.1) is 0 Å². The summed E-state index contributed by atoms with van der Waals surface area (Å²) < 4.78 is 41.8. The van der Waals surface area contributed by atoms with Crippen LogP contribution in [0.25, 0.3) is 22.4 Å². The first kappa shape index (κ1) is 24.1. The number of aryl methyl sites for hydroxylation is 1. The number of anilines is 2. The molecule has 3 heterocycles.